The molecule has 1 aliphatic rings. The van der Waals surface area contributed by atoms with Crippen molar-refractivity contribution in [2.75, 3.05) is 37.5 Å². The summed E-state index contributed by atoms with van der Waals surface area (Å²) in [4.78, 5) is 3.98. The van der Waals surface area contributed by atoms with E-state index in [1.165, 1.54) is 6.07 Å². The fourth-order valence-corrected chi connectivity index (χ4v) is 6.53. The van der Waals surface area contributed by atoms with Crippen LogP contribution in [0.15, 0.2) is 71.6 Å². The Balaban J connectivity index is 1.90. The molecule has 0 saturated heterocycles. The normalized spacial score (nSPS) is 17.3. The zero-order chi connectivity index (χ0) is 25.9. The summed E-state index contributed by atoms with van der Waals surface area (Å²) in [5.74, 6) is 0.661. The van der Waals surface area contributed by atoms with Crippen molar-refractivity contribution in [3.05, 3.63) is 72.3 Å². The van der Waals surface area contributed by atoms with Gasteiger partial charge >= 0.3 is 0 Å². The number of benzene rings is 3. The zero-order valence-corrected chi connectivity index (χ0v) is 22.2. The molecule has 0 spiro atoms. The van der Waals surface area contributed by atoms with E-state index >= 15 is 0 Å². The lowest BCUT2D eigenvalue weighted by molar-refractivity contribution is 0.300. The number of fused-ring (bicyclic) bond motifs is 1. The third-order valence-corrected chi connectivity index (χ3v) is 8.60. The smallest absolute Gasteiger partial charge is 0.245 e. The molecule has 0 fully saturated rings. The van der Waals surface area contributed by atoms with E-state index in [4.69, 9.17) is 4.74 Å². The number of methoxy groups -OCH3 is 1. The molecule has 3 aromatic rings. The second-order valence-electron chi connectivity index (χ2n) is 9.34. The van der Waals surface area contributed by atoms with Crippen molar-refractivity contribution in [2.45, 2.75) is 43.7 Å². The molecule has 0 amide bonds. The Labute approximate surface area is 214 Å². The molecule has 4 rings (SSSR count). The lowest BCUT2D eigenvalue weighted by atomic mass is 10.1. The predicted molar refractivity (Wildman–Crippen MR) is 145 cm³/mol. The molecule has 0 radical (unpaired) electrons. The van der Waals surface area contributed by atoms with Crippen LogP contribution < -0.4 is 14.5 Å². The largest absolute Gasteiger partial charge is 0.506 e. The van der Waals surface area contributed by atoms with Crippen LogP contribution >= 0.6 is 0 Å². The van der Waals surface area contributed by atoms with Crippen molar-refractivity contribution in [1.29, 1.82) is 0 Å². The van der Waals surface area contributed by atoms with Crippen molar-refractivity contribution in [2.24, 2.45) is 0 Å². The molecule has 0 saturated carbocycles. The summed E-state index contributed by atoms with van der Waals surface area (Å²) < 4.78 is 35.5. The van der Waals surface area contributed by atoms with Gasteiger partial charge in [0.1, 0.15) is 16.4 Å². The van der Waals surface area contributed by atoms with Gasteiger partial charge in [-0.3, -0.25) is 0 Å². The Morgan fingerprint density at radius 3 is 2.36 bits per heavy atom. The van der Waals surface area contributed by atoms with E-state index < -0.39 is 10.0 Å². The summed E-state index contributed by atoms with van der Waals surface area (Å²) in [7, 11) is 1.34. The van der Waals surface area contributed by atoms with Crippen molar-refractivity contribution in [3.63, 3.8) is 0 Å². The second-order valence-corrected chi connectivity index (χ2v) is 11.2. The third kappa shape index (κ3) is 5.15. The van der Waals surface area contributed by atoms with Crippen LogP contribution in [0.1, 0.15) is 31.7 Å². The molecule has 8 heteroatoms. The topological polar surface area (TPSA) is 73.3 Å². The minimum absolute atomic E-state index is 0.0632. The summed E-state index contributed by atoms with van der Waals surface area (Å²) in [6.45, 7) is 2.85. The Bertz CT molecular complexity index is 1280. The van der Waals surface area contributed by atoms with Gasteiger partial charge in [0.15, 0.2) is 0 Å². The summed E-state index contributed by atoms with van der Waals surface area (Å²) in [6.07, 6.45) is 2.61. The Morgan fingerprint density at radius 2 is 1.75 bits per heavy atom. The van der Waals surface area contributed by atoms with Gasteiger partial charge < -0.3 is 19.6 Å². The van der Waals surface area contributed by atoms with Gasteiger partial charge in [-0.25, -0.2) is 8.42 Å². The SMILES string of the molecule is CCCC[C@@H]1CN(c2ccccc2)c2cc(N(C)C)c(O)cc2S(=O)(=O)N1Cc1ccc(OC)cc1. The molecule has 1 atom stereocenters. The monoisotopic (exact) mass is 509 g/mol. The number of aromatic hydroxyl groups is 1. The maximum absolute atomic E-state index is 14.3. The number of sulfonamides is 1. The number of phenolic OH excluding ortho intramolecular Hbond substituents is 1. The van der Waals surface area contributed by atoms with Gasteiger partial charge in [0.2, 0.25) is 10.0 Å². The fraction of sp³-hybridized carbons (Fsp3) is 0.357. The first-order chi connectivity index (χ1) is 17.3. The van der Waals surface area contributed by atoms with Gasteiger partial charge in [-0.2, -0.15) is 4.31 Å². The molecule has 0 bridgehead atoms. The Hall–Kier alpha value is -3.23. The van der Waals surface area contributed by atoms with Crippen molar-refractivity contribution in [3.8, 4) is 11.5 Å². The lowest BCUT2D eigenvalue weighted by Crippen LogP contribution is -2.43. The van der Waals surface area contributed by atoms with Crippen LogP contribution in [0.2, 0.25) is 0 Å². The van der Waals surface area contributed by atoms with Gasteiger partial charge in [0.25, 0.3) is 0 Å². The van der Waals surface area contributed by atoms with Crippen LogP contribution in [-0.2, 0) is 16.6 Å². The molecule has 192 valence electrons. The maximum Gasteiger partial charge on any atom is 0.245 e. The maximum atomic E-state index is 14.3. The average molecular weight is 510 g/mol. The predicted octanol–water partition coefficient (Wildman–Crippen LogP) is 5.37. The first-order valence-electron chi connectivity index (χ1n) is 12.3. The van der Waals surface area contributed by atoms with E-state index in [0.29, 0.717) is 17.9 Å². The molecule has 0 unspecified atom stereocenters. The Kier molecular flexibility index (Phi) is 7.76. The van der Waals surface area contributed by atoms with E-state index in [1.807, 2.05) is 68.7 Å². The summed E-state index contributed by atoms with van der Waals surface area (Å²) in [5.41, 5.74) is 2.93. The highest BCUT2D eigenvalue weighted by Gasteiger charge is 2.39. The third-order valence-electron chi connectivity index (χ3n) is 6.67. The van der Waals surface area contributed by atoms with Crippen LogP contribution in [0.25, 0.3) is 0 Å². The van der Waals surface area contributed by atoms with Crippen LogP contribution in [-0.4, -0.2) is 51.6 Å². The molecule has 36 heavy (non-hydrogen) atoms. The minimum atomic E-state index is -3.94. The molecule has 0 aromatic heterocycles. The number of nitrogens with zero attached hydrogens (tertiary/aromatic N) is 3. The van der Waals surface area contributed by atoms with Crippen LogP contribution in [0, 0.1) is 0 Å². The van der Waals surface area contributed by atoms with Crippen molar-refractivity contribution >= 4 is 27.1 Å². The van der Waals surface area contributed by atoms with Gasteiger partial charge in [-0.05, 0) is 42.3 Å². The minimum Gasteiger partial charge on any atom is -0.506 e. The molecule has 1 aliphatic heterocycles. The van der Waals surface area contributed by atoms with Gasteiger partial charge in [0.05, 0.1) is 18.5 Å². The number of hydrogen-bond acceptors (Lipinski definition) is 6. The summed E-state index contributed by atoms with van der Waals surface area (Å²) >= 11 is 0. The molecule has 1 N–H and O–H groups in total. The van der Waals surface area contributed by atoms with E-state index in [2.05, 4.69) is 11.8 Å². The number of phenols is 1. The van der Waals surface area contributed by atoms with E-state index in [1.54, 1.807) is 22.4 Å². The average Bonchev–Trinajstić information content (AvgIpc) is 2.96. The molecule has 0 aliphatic carbocycles. The Morgan fingerprint density at radius 1 is 1.06 bits per heavy atom. The quantitative estimate of drug-likeness (QED) is 0.440. The van der Waals surface area contributed by atoms with E-state index in [-0.39, 0.29) is 23.2 Å². The number of para-hydroxylation sites is 1. The highest BCUT2D eigenvalue weighted by Crippen LogP contribution is 2.44. The van der Waals surface area contributed by atoms with Crippen molar-refractivity contribution in [1.82, 2.24) is 4.31 Å². The van der Waals surface area contributed by atoms with Gasteiger partial charge in [-0.1, -0.05) is 50.1 Å². The van der Waals surface area contributed by atoms with E-state index in [0.717, 1.165) is 36.3 Å². The number of rotatable bonds is 8. The van der Waals surface area contributed by atoms with Crippen LogP contribution in [0.3, 0.4) is 0 Å². The number of anilines is 3. The number of ether oxygens (including phenoxy) is 1. The fourth-order valence-electron chi connectivity index (χ4n) is 4.70. The number of hydrogen-bond donors (Lipinski definition) is 1. The van der Waals surface area contributed by atoms with Gasteiger partial charge in [-0.15, -0.1) is 0 Å². The van der Waals surface area contributed by atoms with Crippen molar-refractivity contribution < 1.29 is 18.3 Å². The highest BCUT2D eigenvalue weighted by atomic mass is 32.2. The first kappa shape index (κ1) is 25.9. The summed E-state index contributed by atoms with van der Waals surface area (Å²) in [5, 5.41) is 10.8. The standard InChI is InChI=1S/C28H35N3O4S/c1-5-6-10-23-20-30(22-11-8-7-9-12-22)26-17-25(29(2)3)27(32)18-28(26)36(33,34)31(23)19-21-13-15-24(35-4)16-14-21/h7-9,11-18,23,32H,5-6,10,19-20H2,1-4H3/t23-/m1/s1. The lowest BCUT2D eigenvalue weighted by Gasteiger charge is -2.32. The zero-order valence-electron chi connectivity index (χ0n) is 21.4. The second kappa shape index (κ2) is 10.8. The van der Waals surface area contributed by atoms with E-state index in [9.17, 15) is 13.5 Å². The first-order valence-corrected chi connectivity index (χ1v) is 13.7. The molecule has 1 heterocycles. The van der Waals surface area contributed by atoms with Crippen LogP contribution in [0.5, 0.6) is 11.5 Å². The highest BCUT2D eigenvalue weighted by molar-refractivity contribution is 7.89. The van der Waals surface area contributed by atoms with Crippen LogP contribution in [0.4, 0.5) is 17.1 Å². The molecule has 7 nitrogen and oxygen atoms in total. The number of unbranched alkanes of at least 4 members (excludes halogenated alkanes) is 1. The molecule has 3 aromatic carbocycles. The van der Waals surface area contributed by atoms with Gasteiger partial charge in [0, 0.05) is 45.0 Å². The molecular formula is C28H35N3O4S. The molecular weight excluding hydrogens is 474 g/mol. The summed E-state index contributed by atoms with van der Waals surface area (Å²) in [6, 6.07) is 20.3.